The number of ether oxygens (including phenoxy) is 1. The maximum atomic E-state index is 14.8. The fraction of sp³-hybridized carbons (Fsp3) is 0.484. The second-order valence-electron chi connectivity index (χ2n) is 9.52. The molecule has 0 aliphatic carbocycles. The van der Waals surface area contributed by atoms with Gasteiger partial charge in [-0.05, 0) is 75.9 Å². The van der Waals surface area contributed by atoms with Crippen LogP contribution in [0.3, 0.4) is 0 Å². The van der Waals surface area contributed by atoms with Crippen molar-refractivity contribution in [2.75, 3.05) is 31.6 Å². The number of nitrogens with zero attached hydrogens (tertiary/aromatic N) is 1. The highest BCUT2D eigenvalue weighted by molar-refractivity contribution is 5.50. The van der Waals surface area contributed by atoms with Crippen molar-refractivity contribution in [1.82, 2.24) is 5.32 Å². The lowest BCUT2D eigenvalue weighted by Crippen LogP contribution is -2.28. The van der Waals surface area contributed by atoms with Crippen molar-refractivity contribution in [3.63, 3.8) is 0 Å². The van der Waals surface area contributed by atoms with Crippen LogP contribution in [-0.2, 0) is 4.74 Å². The van der Waals surface area contributed by atoms with Crippen molar-refractivity contribution in [1.29, 1.82) is 0 Å². The highest BCUT2D eigenvalue weighted by Gasteiger charge is 2.17. The Kier molecular flexibility index (Phi) is 14.8. The molecule has 0 spiro atoms. The largest absolute Gasteiger partial charge is 0.495 e. The number of allylic oxidation sites excluding steroid dienone is 7. The molecule has 0 aromatic heterocycles. The third kappa shape index (κ3) is 11.0. The van der Waals surface area contributed by atoms with E-state index in [0.29, 0.717) is 24.5 Å². The number of anilines is 1. The highest BCUT2D eigenvalue weighted by atomic mass is 19.2. The Labute approximate surface area is 222 Å². The van der Waals surface area contributed by atoms with E-state index in [0.717, 1.165) is 44.2 Å². The molecular weight excluding hydrogens is 473 g/mol. The molecule has 0 fully saturated rings. The molecule has 206 valence electrons. The van der Waals surface area contributed by atoms with E-state index in [1.54, 1.807) is 6.92 Å². The molecule has 0 bridgehead atoms. The Bertz CT molecular complexity index is 973. The summed E-state index contributed by atoms with van der Waals surface area (Å²) < 4.78 is 48.2. The van der Waals surface area contributed by atoms with Crippen LogP contribution in [0.1, 0.15) is 60.8 Å². The first-order valence-electron chi connectivity index (χ1n) is 13.1. The molecule has 1 aromatic carbocycles. The molecule has 0 saturated carbocycles. The third-order valence-corrected chi connectivity index (χ3v) is 6.24. The molecule has 1 atom stereocenters. The van der Waals surface area contributed by atoms with Crippen molar-refractivity contribution in [2.24, 2.45) is 5.92 Å². The number of rotatable bonds is 16. The van der Waals surface area contributed by atoms with Crippen LogP contribution in [0.4, 0.5) is 18.9 Å². The number of hydrogen-bond donors (Lipinski definition) is 1. The van der Waals surface area contributed by atoms with Crippen molar-refractivity contribution >= 4 is 5.69 Å². The Balaban J connectivity index is 3.11. The molecule has 0 saturated heterocycles. The molecule has 37 heavy (non-hydrogen) atoms. The van der Waals surface area contributed by atoms with E-state index in [4.69, 9.17) is 4.74 Å². The highest BCUT2D eigenvalue weighted by Crippen LogP contribution is 2.29. The maximum absolute atomic E-state index is 14.8. The lowest BCUT2D eigenvalue weighted by atomic mass is 9.98. The predicted molar refractivity (Wildman–Crippen MR) is 152 cm³/mol. The van der Waals surface area contributed by atoms with Gasteiger partial charge in [0, 0.05) is 37.8 Å². The summed E-state index contributed by atoms with van der Waals surface area (Å²) in [6.45, 7) is 16.4. The Morgan fingerprint density at radius 1 is 1.08 bits per heavy atom. The number of para-hydroxylation sites is 1. The number of halogens is 3. The SMILES string of the molecule is C=CC(/C(C)=C(/C=C(\CC)OC(C)C)CNCCC(CC)CN(C)c1ccccc1)=C(F)\C(F)=C(/C)F. The molecule has 0 aliphatic rings. The lowest BCUT2D eigenvalue weighted by Gasteiger charge is -2.25. The zero-order valence-corrected chi connectivity index (χ0v) is 23.6. The van der Waals surface area contributed by atoms with E-state index in [1.807, 2.05) is 45.0 Å². The predicted octanol–water partition coefficient (Wildman–Crippen LogP) is 8.74. The minimum absolute atomic E-state index is 0.0200. The van der Waals surface area contributed by atoms with E-state index in [9.17, 15) is 13.2 Å². The maximum Gasteiger partial charge on any atom is 0.190 e. The summed E-state index contributed by atoms with van der Waals surface area (Å²) in [5.74, 6) is -2.73. The first-order valence-corrected chi connectivity index (χ1v) is 13.1. The average Bonchev–Trinajstić information content (AvgIpc) is 2.88. The molecule has 0 radical (unpaired) electrons. The van der Waals surface area contributed by atoms with Crippen LogP contribution >= 0.6 is 0 Å². The molecule has 0 heterocycles. The summed E-state index contributed by atoms with van der Waals surface area (Å²) in [6.07, 6.45) is 5.72. The van der Waals surface area contributed by atoms with Crippen LogP contribution in [0.25, 0.3) is 0 Å². The monoisotopic (exact) mass is 518 g/mol. The van der Waals surface area contributed by atoms with Crippen LogP contribution in [0.5, 0.6) is 0 Å². The van der Waals surface area contributed by atoms with Gasteiger partial charge >= 0.3 is 0 Å². The first-order chi connectivity index (χ1) is 17.5. The van der Waals surface area contributed by atoms with Crippen molar-refractivity contribution in [3.8, 4) is 0 Å². The standard InChI is InChI=1S/C31H45F3N2O/c1-9-25(21-36(8)27-15-13-12-14-16-27)17-18-35-20-26(19-28(10-2)37-22(4)5)23(6)29(11-3)31(34)30(33)24(7)32/h11-16,19,22,25,35H,3,9-10,17-18,20-21H2,1-2,4-8H3/b26-23-,28-19+,30-24-,31-29-. The molecule has 6 heteroatoms. The van der Waals surface area contributed by atoms with Gasteiger partial charge in [-0.2, -0.15) is 0 Å². The van der Waals surface area contributed by atoms with Gasteiger partial charge in [-0.3, -0.25) is 0 Å². The lowest BCUT2D eigenvalue weighted by molar-refractivity contribution is 0.141. The molecular formula is C31H45F3N2O. The van der Waals surface area contributed by atoms with E-state index >= 15 is 0 Å². The number of hydrogen-bond acceptors (Lipinski definition) is 3. The second-order valence-corrected chi connectivity index (χ2v) is 9.52. The fourth-order valence-corrected chi connectivity index (χ4v) is 3.99. The van der Waals surface area contributed by atoms with Gasteiger partial charge in [0.25, 0.3) is 0 Å². The van der Waals surface area contributed by atoms with Gasteiger partial charge in [0.2, 0.25) is 0 Å². The van der Waals surface area contributed by atoms with Crippen LogP contribution in [0.15, 0.2) is 89.0 Å². The summed E-state index contributed by atoms with van der Waals surface area (Å²) >= 11 is 0. The molecule has 1 N–H and O–H groups in total. The van der Waals surface area contributed by atoms with Crippen molar-refractivity contribution in [3.05, 3.63) is 89.0 Å². The molecule has 1 unspecified atom stereocenters. The molecule has 1 aromatic rings. The molecule has 3 nitrogen and oxygen atoms in total. The van der Waals surface area contributed by atoms with Gasteiger partial charge in [-0.1, -0.05) is 51.1 Å². The normalized spacial score (nSPS) is 15.1. The van der Waals surface area contributed by atoms with Gasteiger partial charge in [0.15, 0.2) is 11.7 Å². The van der Waals surface area contributed by atoms with Crippen LogP contribution in [0, 0.1) is 5.92 Å². The van der Waals surface area contributed by atoms with E-state index < -0.39 is 17.5 Å². The average molecular weight is 519 g/mol. The van der Waals surface area contributed by atoms with Crippen molar-refractivity contribution in [2.45, 2.75) is 66.9 Å². The van der Waals surface area contributed by atoms with Crippen molar-refractivity contribution < 1.29 is 17.9 Å². The fourth-order valence-electron chi connectivity index (χ4n) is 3.99. The summed E-state index contributed by atoms with van der Waals surface area (Å²) in [5, 5.41) is 3.46. The number of nitrogens with one attached hydrogen (secondary N) is 1. The van der Waals surface area contributed by atoms with Crippen LogP contribution in [0.2, 0.25) is 0 Å². The van der Waals surface area contributed by atoms with Gasteiger partial charge in [0.1, 0.15) is 5.83 Å². The summed E-state index contributed by atoms with van der Waals surface area (Å²) in [5.41, 5.74) is 2.33. The molecule has 0 amide bonds. The third-order valence-electron chi connectivity index (χ3n) is 6.24. The minimum Gasteiger partial charge on any atom is -0.495 e. The van der Waals surface area contributed by atoms with Gasteiger partial charge in [0.05, 0.1) is 11.9 Å². The first kappa shape index (κ1) is 32.3. The summed E-state index contributed by atoms with van der Waals surface area (Å²) in [4.78, 5) is 2.27. The van der Waals surface area contributed by atoms with Crippen LogP contribution < -0.4 is 10.2 Å². The summed E-state index contributed by atoms with van der Waals surface area (Å²) in [6, 6.07) is 10.3. The smallest absolute Gasteiger partial charge is 0.190 e. The topological polar surface area (TPSA) is 24.5 Å². The second kappa shape index (κ2) is 16.9. The quantitative estimate of drug-likeness (QED) is 0.134. The Morgan fingerprint density at radius 3 is 2.24 bits per heavy atom. The summed E-state index contributed by atoms with van der Waals surface area (Å²) in [7, 11) is 2.10. The van der Waals surface area contributed by atoms with Gasteiger partial charge < -0.3 is 15.0 Å². The van der Waals surface area contributed by atoms with E-state index in [-0.39, 0.29) is 11.7 Å². The zero-order valence-electron chi connectivity index (χ0n) is 23.6. The van der Waals surface area contributed by atoms with E-state index in [2.05, 4.69) is 42.9 Å². The van der Waals surface area contributed by atoms with Crippen LogP contribution in [-0.4, -0.2) is 32.8 Å². The van der Waals surface area contributed by atoms with Gasteiger partial charge in [-0.15, -0.1) is 0 Å². The minimum atomic E-state index is -1.51. The Morgan fingerprint density at radius 2 is 1.73 bits per heavy atom. The molecule has 0 aliphatic heterocycles. The number of benzene rings is 1. The zero-order chi connectivity index (χ0) is 28.0. The van der Waals surface area contributed by atoms with Gasteiger partial charge in [-0.25, -0.2) is 13.2 Å². The Hall–Kier alpha value is -2.73. The molecule has 1 rings (SSSR count). The van der Waals surface area contributed by atoms with E-state index in [1.165, 1.54) is 11.8 Å².